The first-order chi connectivity index (χ1) is 3.91. The average Bonchev–Trinajstić information content (AvgIpc) is 2.17. The predicted octanol–water partition coefficient (Wildman–Crippen LogP) is 2.71. The molecule has 0 aliphatic rings. The third kappa shape index (κ3) is 6.10. The molecule has 0 aromatic carbocycles. The summed E-state index contributed by atoms with van der Waals surface area (Å²) in [5.41, 5.74) is 1.79. The van der Waals surface area contributed by atoms with Gasteiger partial charge in [-0.05, 0) is 4.08 Å². The van der Waals surface area contributed by atoms with Crippen molar-refractivity contribution in [2.45, 2.75) is 0 Å². The highest BCUT2D eigenvalue weighted by molar-refractivity contribution is 14.1. The molecule has 0 spiro atoms. The van der Waals surface area contributed by atoms with E-state index in [-0.39, 0.29) is 0 Å². The number of rotatable bonds is 0. The molecule has 44 valence electrons. The maximum atomic E-state index is 3.74. The Bertz CT molecular complexity index is 98.8. The van der Waals surface area contributed by atoms with Crippen LogP contribution in [-0.2, 0) is 0 Å². The normalized spacial score (nSPS) is 6.62. The number of halogens is 1. The van der Waals surface area contributed by atoms with Gasteiger partial charge in [0.25, 0.3) is 0 Å². The summed E-state index contributed by atoms with van der Waals surface area (Å²) in [6, 6.07) is 0. The van der Waals surface area contributed by atoms with Crippen LogP contribution in [-0.4, -0.2) is 4.98 Å². The number of hydrogen-bond acceptors (Lipinski definition) is 2. The summed E-state index contributed by atoms with van der Waals surface area (Å²) in [4.78, 5) is 3.74. The van der Waals surface area contributed by atoms with Crippen LogP contribution in [0.25, 0.3) is 0 Å². The fourth-order valence-electron chi connectivity index (χ4n) is 0.176. The van der Waals surface area contributed by atoms with E-state index in [0.29, 0.717) is 0 Å². The Morgan fingerprint density at radius 1 is 1.75 bits per heavy atom. The van der Waals surface area contributed by atoms with Crippen molar-refractivity contribution in [3.63, 3.8) is 0 Å². The third-order valence-corrected chi connectivity index (χ3v) is 0.869. The van der Waals surface area contributed by atoms with Gasteiger partial charge in [-0.2, -0.15) is 0 Å². The fraction of sp³-hybridized carbons (Fsp3) is 0. The summed E-state index contributed by atoms with van der Waals surface area (Å²) < 4.78 is 1.72. The van der Waals surface area contributed by atoms with E-state index in [2.05, 4.69) is 34.2 Å². The Labute approximate surface area is 66.6 Å². The first kappa shape index (κ1) is 8.10. The van der Waals surface area contributed by atoms with Crippen molar-refractivity contribution in [1.29, 1.82) is 0 Å². The van der Waals surface area contributed by atoms with E-state index in [4.69, 9.17) is 0 Å². The maximum Gasteiger partial charge on any atom is 0.0791 e. The smallest absolute Gasteiger partial charge is 0.0791 e. The zero-order valence-electron chi connectivity index (χ0n) is 4.25. The Hall–Kier alpha value is 0.1000. The standard InChI is InChI=1S/C3H3NS.C2H3I/c1-2-5-3-4-1;1-2-3/h1-3H;2H,1H2. The van der Waals surface area contributed by atoms with Gasteiger partial charge < -0.3 is 0 Å². The van der Waals surface area contributed by atoms with Gasteiger partial charge in [-0.1, -0.05) is 29.2 Å². The molecule has 0 unspecified atom stereocenters. The second-order valence-electron chi connectivity index (χ2n) is 0.830. The molecule has 1 aromatic heterocycles. The Morgan fingerprint density at radius 3 is 2.50 bits per heavy atom. The van der Waals surface area contributed by atoms with Crippen LogP contribution in [0.1, 0.15) is 0 Å². The third-order valence-electron chi connectivity index (χ3n) is 0.347. The molecule has 0 fully saturated rings. The van der Waals surface area contributed by atoms with Crippen molar-refractivity contribution < 1.29 is 0 Å². The SMILES string of the molecule is C=CI.c1cscn1. The van der Waals surface area contributed by atoms with Crippen LogP contribution in [0.2, 0.25) is 0 Å². The van der Waals surface area contributed by atoms with E-state index >= 15 is 0 Å². The molecule has 1 heterocycles. The van der Waals surface area contributed by atoms with Crippen LogP contribution in [0.5, 0.6) is 0 Å². The summed E-state index contributed by atoms with van der Waals surface area (Å²) in [6.45, 7) is 3.35. The summed E-state index contributed by atoms with van der Waals surface area (Å²) in [5.74, 6) is 0. The maximum absolute atomic E-state index is 3.74. The molecule has 8 heavy (non-hydrogen) atoms. The van der Waals surface area contributed by atoms with E-state index in [1.165, 1.54) is 0 Å². The lowest BCUT2D eigenvalue weighted by atomic mass is 11.0. The molecule has 0 N–H and O–H groups in total. The van der Waals surface area contributed by atoms with Gasteiger partial charge in [0, 0.05) is 11.6 Å². The predicted molar refractivity (Wildman–Crippen MR) is 46.3 cm³/mol. The van der Waals surface area contributed by atoms with Gasteiger partial charge in [0.1, 0.15) is 0 Å². The Kier molecular flexibility index (Phi) is 7.19. The lowest BCUT2D eigenvalue weighted by Gasteiger charge is -1.41. The van der Waals surface area contributed by atoms with Crippen LogP contribution >= 0.6 is 33.9 Å². The van der Waals surface area contributed by atoms with Crippen LogP contribution < -0.4 is 0 Å². The molecule has 0 saturated carbocycles. The molecule has 1 nitrogen and oxygen atoms in total. The molecule has 0 aliphatic heterocycles. The zero-order valence-corrected chi connectivity index (χ0v) is 7.22. The van der Waals surface area contributed by atoms with Crippen molar-refractivity contribution in [2.75, 3.05) is 0 Å². The van der Waals surface area contributed by atoms with Crippen molar-refractivity contribution in [2.24, 2.45) is 0 Å². The molecule has 0 amide bonds. The molecular weight excluding hydrogens is 233 g/mol. The molecule has 3 heteroatoms. The van der Waals surface area contributed by atoms with Crippen LogP contribution in [0, 0.1) is 0 Å². The van der Waals surface area contributed by atoms with Crippen molar-refractivity contribution in [3.05, 3.63) is 27.7 Å². The van der Waals surface area contributed by atoms with Gasteiger partial charge in [0.2, 0.25) is 0 Å². The van der Waals surface area contributed by atoms with Crippen molar-refractivity contribution in [3.8, 4) is 0 Å². The lowest BCUT2D eigenvalue weighted by molar-refractivity contribution is 1.43. The molecular formula is C5H6INS. The largest absolute Gasteiger partial charge is 0.253 e. The molecule has 0 bridgehead atoms. The van der Waals surface area contributed by atoms with Crippen LogP contribution in [0.3, 0.4) is 0 Å². The van der Waals surface area contributed by atoms with Crippen molar-refractivity contribution >= 4 is 33.9 Å². The minimum Gasteiger partial charge on any atom is -0.253 e. The summed E-state index contributed by atoms with van der Waals surface area (Å²) in [6.07, 6.45) is 1.77. The molecule has 0 aliphatic carbocycles. The van der Waals surface area contributed by atoms with E-state index in [0.717, 1.165) is 0 Å². The average molecular weight is 239 g/mol. The van der Waals surface area contributed by atoms with Gasteiger partial charge >= 0.3 is 0 Å². The minimum absolute atomic E-state index is 1.60. The summed E-state index contributed by atoms with van der Waals surface area (Å²) in [5, 5.41) is 1.93. The number of nitrogens with zero attached hydrogens (tertiary/aromatic N) is 1. The fourth-order valence-corrected chi connectivity index (χ4v) is 0.527. The number of aromatic nitrogens is 1. The van der Waals surface area contributed by atoms with Crippen LogP contribution in [0.4, 0.5) is 0 Å². The van der Waals surface area contributed by atoms with Gasteiger partial charge in [0.15, 0.2) is 0 Å². The molecule has 0 radical (unpaired) electrons. The molecule has 1 rings (SSSR count). The van der Waals surface area contributed by atoms with Gasteiger partial charge in [-0.15, -0.1) is 11.3 Å². The first-order valence-corrected chi connectivity index (χ1v) is 4.14. The Balaban J connectivity index is 0.000000145. The molecule has 0 saturated heterocycles. The van der Waals surface area contributed by atoms with Crippen LogP contribution in [0.15, 0.2) is 27.7 Å². The second kappa shape index (κ2) is 7.10. The zero-order chi connectivity index (χ0) is 6.24. The first-order valence-electron chi connectivity index (χ1n) is 1.95. The monoisotopic (exact) mass is 239 g/mol. The van der Waals surface area contributed by atoms with E-state index in [9.17, 15) is 0 Å². The van der Waals surface area contributed by atoms with E-state index in [1.54, 1.807) is 27.1 Å². The highest BCUT2D eigenvalue weighted by Gasteiger charge is 1.59. The van der Waals surface area contributed by atoms with Gasteiger partial charge in [-0.25, -0.2) is 0 Å². The number of hydrogen-bond donors (Lipinski definition) is 0. The summed E-state index contributed by atoms with van der Waals surface area (Å²) >= 11 is 3.65. The van der Waals surface area contributed by atoms with Gasteiger partial charge in [0.05, 0.1) is 5.51 Å². The van der Waals surface area contributed by atoms with Gasteiger partial charge in [-0.3, -0.25) is 4.98 Å². The summed E-state index contributed by atoms with van der Waals surface area (Å²) in [7, 11) is 0. The minimum atomic E-state index is 1.60. The van der Waals surface area contributed by atoms with Crippen molar-refractivity contribution in [1.82, 2.24) is 4.98 Å². The number of thiazole rings is 1. The highest BCUT2D eigenvalue weighted by atomic mass is 127. The topological polar surface area (TPSA) is 12.9 Å². The highest BCUT2D eigenvalue weighted by Crippen LogP contribution is 1.85. The van der Waals surface area contributed by atoms with E-state index in [1.807, 2.05) is 5.38 Å². The molecule has 0 atom stereocenters. The lowest BCUT2D eigenvalue weighted by Crippen LogP contribution is -1.38. The molecule has 1 aromatic rings. The second-order valence-corrected chi connectivity index (χ2v) is 2.47. The van der Waals surface area contributed by atoms with E-state index < -0.39 is 0 Å². The Morgan fingerprint density at radius 2 is 2.38 bits per heavy atom. The quantitative estimate of drug-likeness (QED) is 0.634.